The minimum atomic E-state index is -0.193. The van der Waals surface area contributed by atoms with Crippen LogP contribution in [0.3, 0.4) is 0 Å². The summed E-state index contributed by atoms with van der Waals surface area (Å²) < 4.78 is 0. The van der Waals surface area contributed by atoms with Gasteiger partial charge in [0.1, 0.15) is 0 Å². The van der Waals surface area contributed by atoms with Gasteiger partial charge >= 0.3 is 0 Å². The first-order valence-electron chi connectivity index (χ1n) is 8.32. The zero-order valence-electron chi connectivity index (χ0n) is 14.1. The van der Waals surface area contributed by atoms with Crippen molar-refractivity contribution in [1.29, 1.82) is 0 Å². The van der Waals surface area contributed by atoms with E-state index in [1.165, 1.54) is 0 Å². The van der Waals surface area contributed by atoms with Crippen molar-refractivity contribution in [3.63, 3.8) is 0 Å². The summed E-state index contributed by atoms with van der Waals surface area (Å²) in [4.78, 5) is 17.0. The Morgan fingerprint density at radius 1 is 0.889 bits per heavy atom. The molecule has 0 aliphatic rings. The molecular weight excluding hydrogens is 379 g/mol. The fourth-order valence-corrected chi connectivity index (χ4v) is 3.44. The lowest BCUT2D eigenvalue weighted by Crippen LogP contribution is -2.12. The Morgan fingerprint density at radius 3 is 2.44 bits per heavy atom. The zero-order valence-corrected chi connectivity index (χ0v) is 15.6. The van der Waals surface area contributed by atoms with Crippen LogP contribution in [0.25, 0.3) is 22.0 Å². The number of amides is 1. The predicted octanol–water partition coefficient (Wildman–Crippen LogP) is 6.46. The van der Waals surface area contributed by atoms with E-state index >= 15 is 0 Å². The van der Waals surface area contributed by atoms with Gasteiger partial charge in [-0.05, 0) is 42.0 Å². The number of anilines is 1. The highest BCUT2D eigenvalue weighted by atomic mass is 35.5. The maximum atomic E-state index is 12.6. The SMILES string of the molecule is O=C(Nc1cccc2cccnc12)c1ccc(-c2ccc(Cl)cc2Cl)cc1. The molecule has 0 saturated carbocycles. The zero-order chi connectivity index (χ0) is 18.8. The van der Waals surface area contributed by atoms with Gasteiger partial charge in [-0.15, -0.1) is 0 Å². The van der Waals surface area contributed by atoms with E-state index in [2.05, 4.69) is 10.3 Å². The lowest BCUT2D eigenvalue weighted by molar-refractivity contribution is 0.102. The summed E-state index contributed by atoms with van der Waals surface area (Å²) in [5.74, 6) is -0.193. The van der Waals surface area contributed by atoms with Crippen molar-refractivity contribution < 1.29 is 4.79 Å². The van der Waals surface area contributed by atoms with Gasteiger partial charge in [0.15, 0.2) is 0 Å². The Balaban J connectivity index is 1.59. The van der Waals surface area contributed by atoms with Crippen molar-refractivity contribution in [3.05, 3.63) is 94.6 Å². The molecule has 0 spiro atoms. The Morgan fingerprint density at radius 2 is 1.67 bits per heavy atom. The van der Waals surface area contributed by atoms with Crippen LogP contribution in [0.1, 0.15) is 10.4 Å². The van der Waals surface area contributed by atoms with Crippen molar-refractivity contribution in [2.45, 2.75) is 0 Å². The third-order valence-corrected chi connectivity index (χ3v) is 4.82. The summed E-state index contributed by atoms with van der Waals surface area (Å²) in [7, 11) is 0. The number of fused-ring (bicyclic) bond motifs is 1. The van der Waals surface area contributed by atoms with Crippen molar-refractivity contribution in [1.82, 2.24) is 4.98 Å². The monoisotopic (exact) mass is 392 g/mol. The molecule has 1 N–H and O–H groups in total. The summed E-state index contributed by atoms with van der Waals surface area (Å²) in [6.45, 7) is 0. The number of nitrogens with one attached hydrogen (secondary N) is 1. The van der Waals surface area contributed by atoms with E-state index in [1.807, 2.05) is 48.5 Å². The first-order valence-corrected chi connectivity index (χ1v) is 9.08. The van der Waals surface area contributed by atoms with E-state index < -0.39 is 0 Å². The second kappa shape index (κ2) is 7.39. The van der Waals surface area contributed by atoms with Crippen LogP contribution in [-0.4, -0.2) is 10.9 Å². The number of carbonyl (C=O) groups is 1. The number of rotatable bonds is 3. The number of benzene rings is 3. The smallest absolute Gasteiger partial charge is 0.255 e. The highest BCUT2D eigenvalue weighted by molar-refractivity contribution is 6.36. The molecule has 0 radical (unpaired) electrons. The third-order valence-electron chi connectivity index (χ3n) is 4.27. The number of pyridine rings is 1. The van der Waals surface area contributed by atoms with Crippen molar-refractivity contribution in [2.24, 2.45) is 0 Å². The maximum absolute atomic E-state index is 12.6. The van der Waals surface area contributed by atoms with Crippen LogP contribution in [0, 0.1) is 0 Å². The molecule has 0 saturated heterocycles. The number of aromatic nitrogens is 1. The quantitative estimate of drug-likeness (QED) is 0.434. The second-order valence-corrected chi connectivity index (χ2v) is 6.88. The highest BCUT2D eigenvalue weighted by Crippen LogP contribution is 2.30. The van der Waals surface area contributed by atoms with Gasteiger partial charge in [-0.2, -0.15) is 0 Å². The standard InChI is InChI=1S/C22H14Cl2N2O/c23-17-10-11-18(19(24)13-17)14-6-8-16(9-7-14)22(27)26-20-5-1-3-15-4-2-12-25-21(15)20/h1-13H,(H,26,27). The molecule has 0 aliphatic heterocycles. The van der Waals surface area contributed by atoms with E-state index in [0.29, 0.717) is 21.3 Å². The number of carbonyl (C=O) groups excluding carboxylic acids is 1. The van der Waals surface area contributed by atoms with Gasteiger partial charge in [-0.3, -0.25) is 9.78 Å². The summed E-state index contributed by atoms with van der Waals surface area (Å²) >= 11 is 12.2. The molecule has 1 heterocycles. The number of para-hydroxylation sites is 1. The Labute approximate surface area is 166 Å². The van der Waals surface area contributed by atoms with Gasteiger partial charge in [-0.25, -0.2) is 0 Å². The van der Waals surface area contributed by atoms with Crippen LogP contribution in [0.15, 0.2) is 79.0 Å². The number of halogens is 2. The summed E-state index contributed by atoms with van der Waals surface area (Å²) in [5, 5.41) is 5.07. The number of hydrogen-bond donors (Lipinski definition) is 1. The van der Waals surface area contributed by atoms with Crippen molar-refractivity contribution in [3.8, 4) is 11.1 Å². The van der Waals surface area contributed by atoms with E-state index in [0.717, 1.165) is 22.0 Å². The molecule has 4 aromatic rings. The molecule has 5 heteroatoms. The lowest BCUT2D eigenvalue weighted by atomic mass is 10.0. The minimum Gasteiger partial charge on any atom is -0.320 e. The molecule has 0 bridgehead atoms. The van der Waals surface area contributed by atoms with E-state index in [4.69, 9.17) is 23.2 Å². The predicted molar refractivity (Wildman–Crippen MR) is 112 cm³/mol. The molecule has 27 heavy (non-hydrogen) atoms. The average Bonchev–Trinajstić information content (AvgIpc) is 2.68. The highest BCUT2D eigenvalue weighted by Gasteiger charge is 2.10. The number of hydrogen-bond acceptors (Lipinski definition) is 2. The average molecular weight is 393 g/mol. The molecule has 0 fully saturated rings. The molecule has 0 aliphatic carbocycles. The van der Waals surface area contributed by atoms with Crippen LogP contribution in [0.2, 0.25) is 10.0 Å². The normalized spacial score (nSPS) is 10.7. The van der Waals surface area contributed by atoms with Crippen LogP contribution in [0.5, 0.6) is 0 Å². The molecule has 1 aromatic heterocycles. The second-order valence-electron chi connectivity index (χ2n) is 6.04. The van der Waals surface area contributed by atoms with Gasteiger partial charge in [-0.1, -0.05) is 59.6 Å². The topological polar surface area (TPSA) is 42.0 Å². The minimum absolute atomic E-state index is 0.193. The first-order chi connectivity index (χ1) is 13.1. The third kappa shape index (κ3) is 3.65. The fraction of sp³-hybridized carbons (Fsp3) is 0. The van der Waals surface area contributed by atoms with Gasteiger partial charge in [0.2, 0.25) is 0 Å². The molecule has 3 nitrogen and oxygen atoms in total. The molecule has 0 atom stereocenters. The molecule has 0 unspecified atom stereocenters. The van der Waals surface area contributed by atoms with Crippen LogP contribution in [-0.2, 0) is 0 Å². The van der Waals surface area contributed by atoms with Crippen molar-refractivity contribution in [2.75, 3.05) is 5.32 Å². The molecule has 4 rings (SSSR count). The maximum Gasteiger partial charge on any atom is 0.255 e. The molecule has 1 amide bonds. The van der Waals surface area contributed by atoms with Gasteiger partial charge in [0.05, 0.1) is 11.2 Å². The molecule has 3 aromatic carbocycles. The van der Waals surface area contributed by atoms with E-state index in [9.17, 15) is 4.79 Å². The summed E-state index contributed by atoms with van der Waals surface area (Å²) in [6, 6.07) is 22.2. The largest absolute Gasteiger partial charge is 0.320 e. The van der Waals surface area contributed by atoms with E-state index in [1.54, 1.807) is 30.5 Å². The fourth-order valence-electron chi connectivity index (χ4n) is 2.92. The van der Waals surface area contributed by atoms with E-state index in [-0.39, 0.29) is 5.91 Å². The number of nitrogens with zero attached hydrogens (tertiary/aromatic N) is 1. The van der Waals surface area contributed by atoms with Gasteiger partial charge in [0, 0.05) is 32.8 Å². The van der Waals surface area contributed by atoms with Crippen LogP contribution < -0.4 is 5.32 Å². The van der Waals surface area contributed by atoms with Crippen LogP contribution in [0.4, 0.5) is 5.69 Å². The Kier molecular flexibility index (Phi) is 4.80. The van der Waals surface area contributed by atoms with Crippen molar-refractivity contribution >= 4 is 45.7 Å². The first kappa shape index (κ1) is 17.5. The summed E-state index contributed by atoms with van der Waals surface area (Å²) in [5.41, 5.74) is 3.78. The Hall–Kier alpha value is -2.88. The summed E-state index contributed by atoms with van der Waals surface area (Å²) in [6.07, 6.45) is 1.71. The lowest BCUT2D eigenvalue weighted by Gasteiger charge is -2.09. The van der Waals surface area contributed by atoms with Gasteiger partial charge < -0.3 is 5.32 Å². The van der Waals surface area contributed by atoms with Crippen LogP contribution >= 0.6 is 23.2 Å². The van der Waals surface area contributed by atoms with Gasteiger partial charge in [0.25, 0.3) is 5.91 Å². The molecular formula is C22H14Cl2N2O. The Bertz CT molecular complexity index is 1140. The molecule has 132 valence electrons.